The minimum absolute atomic E-state index is 0. The van der Waals surface area contributed by atoms with Crippen molar-refractivity contribution in [3.05, 3.63) is 41.7 Å². The number of carbonyl (C=O) groups excluding carboxylic acids is 1. The first-order chi connectivity index (χ1) is 11.2. The Balaban J connectivity index is 0.00000169. The number of aromatic nitrogens is 2. The predicted molar refractivity (Wildman–Crippen MR) is 97.1 cm³/mol. The van der Waals surface area contributed by atoms with Crippen molar-refractivity contribution in [1.82, 2.24) is 15.1 Å². The van der Waals surface area contributed by atoms with E-state index in [2.05, 4.69) is 15.7 Å². The fraction of sp³-hybridized carbons (Fsp3) is 0.412. The molecule has 1 amide bonds. The number of amides is 1. The normalized spacial score (nSPS) is 21.1. The molecule has 2 aromatic rings. The maximum Gasteiger partial charge on any atom is 0.228 e. The number of nitrogens with zero attached hydrogens (tertiary/aromatic N) is 2. The van der Waals surface area contributed by atoms with Gasteiger partial charge in [-0.25, -0.2) is 4.68 Å². The Morgan fingerprint density at radius 1 is 1.38 bits per heavy atom. The summed E-state index contributed by atoms with van der Waals surface area (Å²) in [7, 11) is 0. The molecule has 128 valence electrons. The van der Waals surface area contributed by atoms with Gasteiger partial charge in [-0.05, 0) is 62.0 Å². The SMILES string of the molecule is Cl.O=C(Nc1ccc(-n2cccn2)c(Cl)c1)C1CC12CCNCC2. The molecule has 7 heteroatoms. The van der Waals surface area contributed by atoms with E-state index in [1.165, 1.54) is 0 Å². The highest BCUT2D eigenvalue weighted by molar-refractivity contribution is 6.32. The van der Waals surface area contributed by atoms with Gasteiger partial charge in [0.2, 0.25) is 5.91 Å². The zero-order valence-electron chi connectivity index (χ0n) is 13.2. The lowest BCUT2D eigenvalue weighted by molar-refractivity contribution is -0.118. The zero-order chi connectivity index (χ0) is 15.9. The lowest BCUT2D eigenvalue weighted by Crippen LogP contribution is -2.31. The molecule has 0 radical (unpaired) electrons. The second-order valence-electron chi connectivity index (χ2n) is 6.48. The Hall–Kier alpha value is -1.56. The summed E-state index contributed by atoms with van der Waals surface area (Å²) < 4.78 is 1.71. The molecule has 1 unspecified atom stereocenters. The standard InChI is InChI=1S/C17H19ClN4O.ClH/c18-14-10-12(2-3-15(14)22-9-1-6-20-22)21-16(23)13-11-17(13)4-7-19-8-5-17;/h1-3,6,9-10,13,19H,4-5,7-8,11H2,(H,21,23);1H. The highest BCUT2D eigenvalue weighted by Gasteiger charge is 2.57. The number of piperidine rings is 1. The third-order valence-corrected chi connectivity index (χ3v) is 5.37. The molecule has 1 spiro atoms. The first kappa shape index (κ1) is 17.3. The summed E-state index contributed by atoms with van der Waals surface area (Å²) in [5.74, 6) is 0.268. The number of anilines is 1. The Morgan fingerprint density at radius 2 is 2.17 bits per heavy atom. The van der Waals surface area contributed by atoms with Gasteiger partial charge < -0.3 is 10.6 Å². The molecule has 1 atom stereocenters. The molecular weight excluding hydrogens is 347 g/mol. The van der Waals surface area contributed by atoms with E-state index in [1.807, 2.05) is 24.4 Å². The van der Waals surface area contributed by atoms with Gasteiger partial charge in [0.05, 0.1) is 10.7 Å². The van der Waals surface area contributed by atoms with Crippen LogP contribution in [0.5, 0.6) is 0 Å². The van der Waals surface area contributed by atoms with Crippen molar-refractivity contribution in [2.24, 2.45) is 11.3 Å². The van der Waals surface area contributed by atoms with Gasteiger partial charge in [-0.2, -0.15) is 5.10 Å². The molecule has 2 N–H and O–H groups in total. The number of halogens is 2. The van der Waals surface area contributed by atoms with Crippen LogP contribution in [0.15, 0.2) is 36.7 Å². The van der Waals surface area contributed by atoms with Gasteiger partial charge in [0.25, 0.3) is 0 Å². The fourth-order valence-corrected chi connectivity index (χ4v) is 3.87. The second kappa shape index (κ2) is 6.75. The number of carbonyl (C=O) groups is 1. The summed E-state index contributed by atoms with van der Waals surface area (Å²) in [5.41, 5.74) is 1.79. The van der Waals surface area contributed by atoms with Crippen molar-refractivity contribution >= 4 is 35.6 Å². The van der Waals surface area contributed by atoms with Crippen LogP contribution in [0.3, 0.4) is 0 Å². The largest absolute Gasteiger partial charge is 0.326 e. The topological polar surface area (TPSA) is 59.0 Å². The molecule has 2 heterocycles. The Morgan fingerprint density at radius 3 is 2.83 bits per heavy atom. The van der Waals surface area contributed by atoms with E-state index in [1.54, 1.807) is 16.9 Å². The van der Waals surface area contributed by atoms with Gasteiger partial charge in [0, 0.05) is 24.0 Å². The molecule has 2 fully saturated rings. The fourth-order valence-electron chi connectivity index (χ4n) is 3.61. The van der Waals surface area contributed by atoms with E-state index in [9.17, 15) is 4.79 Å². The average molecular weight is 367 g/mol. The maximum absolute atomic E-state index is 12.5. The van der Waals surface area contributed by atoms with Gasteiger partial charge in [0.1, 0.15) is 0 Å². The van der Waals surface area contributed by atoms with E-state index in [0.29, 0.717) is 5.02 Å². The summed E-state index contributed by atoms with van der Waals surface area (Å²) in [4.78, 5) is 12.5. The average Bonchev–Trinajstić information content (AvgIpc) is 2.97. The van der Waals surface area contributed by atoms with Crippen molar-refractivity contribution in [1.29, 1.82) is 0 Å². The predicted octanol–water partition coefficient (Wildman–Crippen LogP) is 3.28. The molecule has 5 nitrogen and oxygen atoms in total. The molecule has 1 aromatic carbocycles. The maximum atomic E-state index is 12.5. The summed E-state index contributed by atoms with van der Waals surface area (Å²) in [6.45, 7) is 2.04. The van der Waals surface area contributed by atoms with Crippen LogP contribution < -0.4 is 10.6 Å². The van der Waals surface area contributed by atoms with Crippen LogP contribution in [0.1, 0.15) is 19.3 Å². The molecule has 24 heavy (non-hydrogen) atoms. The third-order valence-electron chi connectivity index (χ3n) is 5.07. The Kier molecular flexibility index (Phi) is 4.85. The van der Waals surface area contributed by atoms with Crippen molar-refractivity contribution < 1.29 is 4.79 Å². The minimum Gasteiger partial charge on any atom is -0.326 e. The van der Waals surface area contributed by atoms with Gasteiger partial charge in [-0.3, -0.25) is 4.79 Å². The van der Waals surface area contributed by atoms with Gasteiger partial charge in [-0.15, -0.1) is 12.4 Å². The summed E-state index contributed by atoms with van der Waals surface area (Å²) >= 11 is 6.32. The van der Waals surface area contributed by atoms with Crippen molar-refractivity contribution in [3.8, 4) is 5.69 Å². The second-order valence-corrected chi connectivity index (χ2v) is 6.88. The van der Waals surface area contributed by atoms with E-state index in [4.69, 9.17) is 11.6 Å². The molecule has 4 rings (SSSR count). The van der Waals surface area contributed by atoms with E-state index in [0.717, 1.165) is 43.7 Å². The summed E-state index contributed by atoms with van der Waals surface area (Å²) in [6, 6.07) is 7.38. The highest BCUT2D eigenvalue weighted by Crippen LogP contribution is 2.58. The molecular formula is C17H20Cl2N4O. The highest BCUT2D eigenvalue weighted by atomic mass is 35.5. The van der Waals surface area contributed by atoms with Crippen LogP contribution >= 0.6 is 24.0 Å². The first-order valence-electron chi connectivity index (χ1n) is 7.99. The third kappa shape index (κ3) is 3.16. The monoisotopic (exact) mass is 366 g/mol. The van der Waals surface area contributed by atoms with E-state index >= 15 is 0 Å². The molecule has 1 saturated carbocycles. The van der Waals surface area contributed by atoms with Crippen LogP contribution in [0.2, 0.25) is 5.02 Å². The summed E-state index contributed by atoms with van der Waals surface area (Å²) in [6.07, 6.45) is 6.76. The van der Waals surface area contributed by atoms with E-state index < -0.39 is 0 Å². The van der Waals surface area contributed by atoms with Crippen molar-refractivity contribution in [2.45, 2.75) is 19.3 Å². The molecule has 1 aliphatic carbocycles. The number of rotatable bonds is 3. The minimum atomic E-state index is 0. The molecule has 1 aliphatic heterocycles. The van der Waals surface area contributed by atoms with Crippen LogP contribution in [-0.2, 0) is 4.79 Å². The molecule has 1 saturated heterocycles. The van der Waals surface area contributed by atoms with E-state index in [-0.39, 0.29) is 29.6 Å². The lowest BCUT2D eigenvalue weighted by Gasteiger charge is -2.23. The quantitative estimate of drug-likeness (QED) is 0.876. The zero-order valence-corrected chi connectivity index (χ0v) is 14.7. The van der Waals surface area contributed by atoms with Gasteiger partial charge in [0.15, 0.2) is 0 Å². The summed E-state index contributed by atoms with van der Waals surface area (Å²) in [5, 5.41) is 11.1. The number of hydrogen-bond acceptors (Lipinski definition) is 3. The van der Waals surface area contributed by atoms with Crippen LogP contribution in [-0.4, -0.2) is 28.8 Å². The molecule has 0 bridgehead atoms. The van der Waals surface area contributed by atoms with Crippen molar-refractivity contribution in [2.75, 3.05) is 18.4 Å². The molecule has 1 aromatic heterocycles. The Bertz CT molecular complexity index is 726. The Labute approximate surface area is 152 Å². The first-order valence-corrected chi connectivity index (χ1v) is 8.37. The number of nitrogens with one attached hydrogen (secondary N) is 2. The van der Waals surface area contributed by atoms with Crippen LogP contribution in [0.4, 0.5) is 5.69 Å². The van der Waals surface area contributed by atoms with Crippen LogP contribution in [0.25, 0.3) is 5.69 Å². The van der Waals surface area contributed by atoms with Gasteiger partial charge in [-0.1, -0.05) is 11.6 Å². The van der Waals surface area contributed by atoms with Crippen molar-refractivity contribution in [3.63, 3.8) is 0 Å². The lowest BCUT2D eigenvalue weighted by atomic mass is 9.92. The smallest absolute Gasteiger partial charge is 0.228 e. The van der Waals surface area contributed by atoms with Crippen LogP contribution in [0, 0.1) is 11.3 Å². The number of benzene rings is 1. The number of hydrogen-bond donors (Lipinski definition) is 2. The molecule has 2 aliphatic rings. The van der Waals surface area contributed by atoms with Gasteiger partial charge >= 0.3 is 0 Å².